The Bertz CT molecular complexity index is 900. The van der Waals surface area contributed by atoms with Gasteiger partial charge in [0, 0.05) is 7.05 Å². The first-order chi connectivity index (χ1) is 17.7. The number of nitrogens with zero attached hydrogens (tertiary/aromatic N) is 4. The van der Waals surface area contributed by atoms with Crippen molar-refractivity contribution in [2.45, 2.75) is 109 Å². The molecule has 0 spiro atoms. The Balaban J connectivity index is 1.55. The number of hydrogen-bond donors (Lipinski definition) is 0. The van der Waals surface area contributed by atoms with Gasteiger partial charge in [-0.3, -0.25) is 4.79 Å². The monoisotopic (exact) mass is 518 g/mol. The molecule has 0 saturated heterocycles. The summed E-state index contributed by atoms with van der Waals surface area (Å²) in [6.07, 6.45) is 24.3. The van der Waals surface area contributed by atoms with Crippen LogP contribution in [0.4, 0.5) is 0 Å². The van der Waals surface area contributed by atoms with Crippen molar-refractivity contribution in [2.24, 2.45) is 7.05 Å². The van der Waals surface area contributed by atoms with Crippen LogP contribution in [0.3, 0.4) is 0 Å². The summed E-state index contributed by atoms with van der Waals surface area (Å²) in [6.45, 7) is 5.08. The van der Waals surface area contributed by atoms with Crippen molar-refractivity contribution < 1.29 is 14.3 Å². The van der Waals surface area contributed by atoms with Gasteiger partial charge >= 0.3 is 5.97 Å². The third-order valence-corrected chi connectivity index (χ3v) is 7.01. The van der Waals surface area contributed by atoms with Crippen molar-refractivity contribution in [3.63, 3.8) is 0 Å². The van der Waals surface area contributed by atoms with Crippen LogP contribution < -0.4 is 4.74 Å². The summed E-state index contributed by atoms with van der Waals surface area (Å²) in [7, 11) is 1.85. The van der Waals surface area contributed by atoms with E-state index in [0.29, 0.717) is 35.2 Å². The average molecular weight is 519 g/mol. The smallest absolute Gasteiger partial charge is 0.316 e. The summed E-state index contributed by atoms with van der Waals surface area (Å²) in [4.78, 5) is 20.3. The van der Waals surface area contributed by atoms with Crippen LogP contribution in [0.2, 0.25) is 0 Å². The van der Waals surface area contributed by atoms with Crippen molar-refractivity contribution in [1.29, 1.82) is 0 Å². The lowest BCUT2D eigenvalue weighted by atomic mass is 10.1. The van der Waals surface area contributed by atoms with E-state index in [1.807, 2.05) is 7.05 Å². The minimum atomic E-state index is -0.262. The van der Waals surface area contributed by atoms with Crippen LogP contribution in [0.1, 0.15) is 104 Å². The molecule has 0 amide bonds. The van der Waals surface area contributed by atoms with E-state index in [1.54, 1.807) is 11.6 Å². The van der Waals surface area contributed by atoms with Crippen LogP contribution in [0, 0.1) is 0 Å². The maximum Gasteiger partial charge on any atom is 0.316 e. The zero-order valence-corrected chi connectivity index (χ0v) is 23.5. The number of carbonyl (C=O) groups is 1. The van der Waals surface area contributed by atoms with Crippen LogP contribution in [-0.4, -0.2) is 44.7 Å². The largest absolute Gasteiger partial charge is 0.476 e. The quantitative estimate of drug-likeness (QED) is 0.0558. The Kier molecular flexibility index (Phi) is 16.0. The molecule has 0 aromatic carbocycles. The Labute approximate surface area is 221 Å². The minimum absolute atomic E-state index is 0.197. The van der Waals surface area contributed by atoms with Gasteiger partial charge in [0.15, 0.2) is 5.52 Å². The average Bonchev–Trinajstić information content (AvgIpc) is 3.20. The zero-order valence-electron chi connectivity index (χ0n) is 22.7. The molecule has 0 aliphatic rings. The molecule has 0 bridgehead atoms. The molecule has 36 heavy (non-hydrogen) atoms. The molecule has 8 heteroatoms. The summed E-state index contributed by atoms with van der Waals surface area (Å²) in [5.74, 6) is 0.589. The maximum atomic E-state index is 11.7. The first-order valence-corrected chi connectivity index (χ1v) is 14.9. The second kappa shape index (κ2) is 19.1. The van der Waals surface area contributed by atoms with Gasteiger partial charge in [0.2, 0.25) is 5.88 Å². The Morgan fingerprint density at radius 3 is 2.19 bits per heavy atom. The molecule has 2 rings (SSSR count). The zero-order chi connectivity index (χ0) is 25.8. The molecule has 0 aliphatic carbocycles. The number of aryl methyl sites for hydroxylation is 1. The summed E-state index contributed by atoms with van der Waals surface area (Å²) < 4.78 is 12.7. The van der Waals surface area contributed by atoms with E-state index in [-0.39, 0.29) is 11.7 Å². The molecule has 0 saturated carbocycles. The fourth-order valence-electron chi connectivity index (χ4n) is 4.07. The van der Waals surface area contributed by atoms with E-state index in [0.717, 1.165) is 6.42 Å². The number of ether oxygens (including phenoxy) is 2. The lowest BCUT2D eigenvalue weighted by molar-refractivity contribution is -0.139. The predicted octanol–water partition coefficient (Wildman–Crippen LogP) is 7.43. The molecule has 0 aliphatic heterocycles. The number of hydrogen-bond acceptors (Lipinski definition) is 7. The van der Waals surface area contributed by atoms with Crippen LogP contribution >= 0.6 is 11.8 Å². The Hall–Kier alpha value is -2.09. The summed E-state index contributed by atoms with van der Waals surface area (Å²) in [5.41, 5.74) is 1.34. The number of thioether (sulfide) groups is 1. The third kappa shape index (κ3) is 11.8. The fraction of sp³-hybridized carbons (Fsp3) is 0.714. The van der Waals surface area contributed by atoms with E-state index in [1.165, 1.54) is 102 Å². The summed E-state index contributed by atoms with van der Waals surface area (Å²) in [5, 5.41) is 5.19. The number of allylic oxidation sites excluding steroid dienone is 2. The standard InChI is InChI=1S/C28H46N4O3S/c1-4-6-7-8-9-10-11-12-13-14-15-16-17-18-19-20-21-35-28-26-25(31-32(28)3)27(30-23-29-26)36-22-24(33)34-5-2/h10-11,23H,4-9,12-22H2,1-3H3. The van der Waals surface area contributed by atoms with E-state index >= 15 is 0 Å². The topological polar surface area (TPSA) is 79.1 Å². The number of esters is 1. The molecule has 7 nitrogen and oxygen atoms in total. The normalized spacial score (nSPS) is 11.5. The van der Waals surface area contributed by atoms with E-state index in [2.05, 4.69) is 34.1 Å². The summed E-state index contributed by atoms with van der Waals surface area (Å²) in [6, 6.07) is 0. The van der Waals surface area contributed by atoms with E-state index in [9.17, 15) is 4.79 Å². The highest BCUT2D eigenvalue weighted by atomic mass is 32.2. The first-order valence-electron chi connectivity index (χ1n) is 13.9. The van der Waals surface area contributed by atoms with Crippen molar-refractivity contribution in [3.8, 4) is 5.88 Å². The molecule has 2 aromatic rings. The van der Waals surface area contributed by atoms with Gasteiger partial charge in [0.1, 0.15) is 16.9 Å². The molecule has 0 radical (unpaired) electrons. The number of unbranched alkanes of at least 4 members (excludes halogenated alkanes) is 12. The van der Waals surface area contributed by atoms with Crippen LogP contribution in [-0.2, 0) is 16.6 Å². The lowest BCUT2D eigenvalue weighted by Gasteiger charge is -2.06. The van der Waals surface area contributed by atoms with Crippen LogP contribution in [0.5, 0.6) is 5.88 Å². The van der Waals surface area contributed by atoms with Gasteiger partial charge in [-0.05, 0) is 39.0 Å². The number of fused-ring (bicyclic) bond motifs is 1. The third-order valence-electron chi connectivity index (χ3n) is 6.06. The second-order valence-electron chi connectivity index (χ2n) is 9.18. The van der Waals surface area contributed by atoms with Gasteiger partial charge in [-0.15, -0.1) is 0 Å². The van der Waals surface area contributed by atoms with Crippen molar-refractivity contribution >= 4 is 28.8 Å². The molecular weight excluding hydrogens is 472 g/mol. The highest BCUT2D eigenvalue weighted by molar-refractivity contribution is 8.00. The van der Waals surface area contributed by atoms with Crippen molar-refractivity contribution in [3.05, 3.63) is 18.5 Å². The highest BCUT2D eigenvalue weighted by Gasteiger charge is 2.17. The summed E-state index contributed by atoms with van der Waals surface area (Å²) >= 11 is 1.31. The Morgan fingerprint density at radius 1 is 0.889 bits per heavy atom. The van der Waals surface area contributed by atoms with Gasteiger partial charge in [0.25, 0.3) is 0 Å². The van der Waals surface area contributed by atoms with Gasteiger partial charge in [-0.1, -0.05) is 88.6 Å². The molecule has 202 valence electrons. The number of carbonyl (C=O) groups excluding carboxylic acids is 1. The second-order valence-corrected chi connectivity index (χ2v) is 10.1. The van der Waals surface area contributed by atoms with Gasteiger partial charge in [-0.2, -0.15) is 5.10 Å². The molecule has 2 aromatic heterocycles. The predicted molar refractivity (Wildman–Crippen MR) is 149 cm³/mol. The molecule has 0 N–H and O–H groups in total. The van der Waals surface area contributed by atoms with E-state index < -0.39 is 0 Å². The molecular formula is C28H46N4O3S. The SMILES string of the molecule is CCCCCCC=CCCCCCCCCCCOc1c2ncnc(SCC(=O)OCC)c2nn1C. The fourth-order valence-corrected chi connectivity index (χ4v) is 4.81. The maximum absolute atomic E-state index is 11.7. The molecule has 0 unspecified atom stereocenters. The molecule has 0 fully saturated rings. The lowest BCUT2D eigenvalue weighted by Crippen LogP contribution is -2.06. The minimum Gasteiger partial charge on any atom is -0.476 e. The first kappa shape index (κ1) is 30.1. The number of aromatic nitrogens is 4. The van der Waals surface area contributed by atoms with Crippen LogP contribution in [0.15, 0.2) is 23.5 Å². The van der Waals surface area contributed by atoms with E-state index in [4.69, 9.17) is 9.47 Å². The van der Waals surface area contributed by atoms with Gasteiger partial charge in [-0.25, -0.2) is 14.6 Å². The van der Waals surface area contributed by atoms with Crippen molar-refractivity contribution in [1.82, 2.24) is 19.7 Å². The molecule has 0 atom stereocenters. The number of rotatable bonds is 21. The van der Waals surface area contributed by atoms with Gasteiger partial charge in [0.05, 0.1) is 19.0 Å². The van der Waals surface area contributed by atoms with Crippen molar-refractivity contribution in [2.75, 3.05) is 19.0 Å². The van der Waals surface area contributed by atoms with Gasteiger partial charge < -0.3 is 9.47 Å². The highest BCUT2D eigenvalue weighted by Crippen LogP contribution is 2.29. The Morgan fingerprint density at radius 2 is 1.53 bits per heavy atom. The molecule has 2 heterocycles. The van der Waals surface area contributed by atoms with Crippen LogP contribution in [0.25, 0.3) is 11.0 Å².